The maximum absolute atomic E-state index is 14.1. The SMILES string of the molecule is O=C(CN1CCCc2cc(F)cc(F)c21)NC(=O)NC1CCCC1. The third-order valence-corrected chi connectivity index (χ3v) is 4.58. The molecule has 0 spiro atoms. The van der Waals surface area contributed by atoms with Crippen molar-refractivity contribution in [1.82, 2.24) is 10.6 Å². The molecule has 1 fully saturated rings. The predicted molar refractivity (Wildman–Crippen MR) is 85.8 cm³/mol. The molecule has 1 aliphatic heterocycles. The van der Waals surface area contributed by atoms with E-state index in [1.165, 1.54) is 6.07 Å². The molecule has 3 amide bonds. The number of benzene rings is 1. The number of rotatable bonds is 3. The molecule has 1 aliphatic carbocycles. The molecular formula is C17H21F2N3O2. The van der Waals surface area contributed by atoms with E-state index in [0.29, 0.717) is 24.9 Å². The molecular weight excluding hydrogens is 316 g/mol. The van der Waals surface area contributed by atoms with Gasteiger partial charge in [0.15, 0.2) is 0 Å². The van der Waals surface area contributed by atoms with Crippen molar-refractivity contribution in [1.29, 1.82) is 0 Å². The Labute approximate surface area is 139 Å². The monoisotopic (exact) mass is 337 g/mol. The number of hydrogen-bond donors (Lipinski definition) is 2. The molecule has 5 nitrogen and oxygen atoms in total. The zero-order valence-corrected chi connectivity index (χ0v) is 13.4. The summed E-state index contributed by atoms with van der Waals surface area (Å²) in [5.74, 6) is -1.79. The molecule has 130 valence electrons. The second-order valence-electron chi connectivity index (χ2n) is 6.42. The van der Waals surface area contributed by atoms with Crippen molar-refractivity contribution in [3.63, 3.8) is 0 Å². The minimum atomic E-state index is -0.673. The number of amides is 3. The Morgan fingerprint density at radius 1 is 1.17 bits per heavy atom. The number of anilines is 1. The first-order valence-electron chi connectivity index (χ1n) is 8.36. The molecule has 1 saturated carbocycles. The Bertz CT molecular complexity index is 645. The average Bonchev–Trinajstić information content (AvgIpc) is 2.99. The summed E-state index contributed by atoms with van der Waals surface area (Å²) in [5.41, 5.74) is 0.816. The van der Waals surface area contributed by atoms with E-state index in [4.69, 9.17) is 0 Å². The number of fused-ring (bicyclic) bond motifs is 1. The molecule has 2 N–H and O–H groups in total. The van der Waals surface area contributed by atoms with Gasteiger partial charge in [0.25, 0.3) is 0 Å². The number of carbonyl (C=O) groups is 2. The van der Waals surface area contributed by atoms with Crippen molar-refractivity contribution in [2.24, 2.45) is 0 Å². The molecule has 3 rings (SSSR count). The van der Waals surface area contributed by atoms with Crippen LogP contribution in [-0.2, 0) is 11.2 Å². The van der Waals surface area contributed by atoms with E-state index < -0.39 is 23.6 Å². The van der Waals surface area contributed by atoms with Crippen molar-refractivity contribution in [2.75, 3.05) is 18.0 Å². The van der Waals surface area contributed by atoms with Crippen LogP contribution < -0.4 is 15.5 Å². The van der Waals surface area contributed by atoms with Crippen molar-refractivity contribution in [2.45, 2.75) is 44.6 Å². The molecule has 1 aromatic rings. The first-order chi connectivity index (χ1) is 11.5. The van der Waals surface area contributed by atoms with Gasteiger partial charge < -0.3 is 10.2 Å². The molecule has 0 saturated heterocycles. The largest absolute Gasteiger partial charge is 0.360 e. The van der Waals surface area contributed by atoms with Crippen LogP contribution in [0.25, 0.3) is 0 Å². The van der Waals surface area contributed by atoms with Crippen LogP contribution in [-0.4, -0.2) is 31.1 Å². The van der Waals surface area contributed by atoms with Gasteiger partial charge in [0.05, 0.1) is 12.2 Å². The number of urea groups is 1. The molecule has 2 aliphatic rings. The minimum Gasteiger partial charge on any atom is -0.360 e. The van der Waals surface area contributed by atoms with Gasteiger partial charge in [-0.05, 0) is 37.3 Å². The van der Waals surface area contributed by atoms with Crippen LogP contribution in [0.5, 0.6) is 0 Å². The Morgan fingerprint density at radius 3 is 2.67 bits per heavy atom. The lowest BCUT2D eigenvalue weighted by Crippen LogP contribution is -2.48. The highest BCUT2D eigenvalue weighted by Crippen LogP contribution is 2.30. The lowest BCUT2D eigenvalue weighted by Gasteiger charge is -2.31. The number of imide groups is 1. The second-order valence-corrected chi connectivity index (χ2v) is 6.42. The van der Waals surface area contributed by atoms with E-state index in [2.05, 4.69) is 10.6 Å². The molecule has 7 heteroatoms. The fraction of sp³-hybridized carbons (Fsp3) is 0.529. The van der Waals surface area contributed by atoms with Gasteiger partial charge in [0.1, 0.15) is 11.6 Å². The van der Waals surface area contributed by atoms with Gasteiger partial charge in [-0.2, -0.15) is 0 Å². The lowest BCUT2D eigenvalue weighted by atomic mass is 10.0. The third kappa shape index (κ3) is 3.83. The van der Waals surface area contributed by atoms with E-state index in [0.717, 1.165) is 31.7 Å². The van der Waals surface area contributed by atoms with Crippen LogP contribution in [0, 0.1) is 11.6 Å². The molecule has 0 bridgehead atoms. The molecule has 0 aromatic heterocycles. The number of nitrogens with one attached hydrogen (secondary N) is 2. The van der Waals surface area contributed by atoms with Gasteiger partial charge in [0, 0.05) is 18.7 Å². The van der Waals surface area contributed by atoms with Gasteiger partial charge >= 0.3 is 6.03 Å². The van der Waals surface area contributed by atoms with Crippen molar-refractivity contribution < 1.29 is 18.4 Å². The Kier molecular flexibility index (Phi) is 4.97. The summed E-state index contributed by atoms with van der Waals surface area (Å²) in [6.45, 7) is 0.362. The van der Waals surface area contributed by atoms with Crippen molar-refractivity contribution in [3.8, 4) is 0 Å². The predicted octanol–water partition coefficient (Wildman–Crippen LogP) is 2.49. The first kappa shape index (κ1) is 16.7. The zero-order valence-electron chi connectivity index (χ0n) is 13.4. The van der Waals surface area contributed by atoms with Gasteiger partial charge in [-0.15, -0.1) is 0 Å². The summed E-state index contributed by atoms with van der Waals surface area (Å²) >= 11 is 0. The molecule has 1 heterocycles. The van der Waals surface area contributed by atoms with Gasteiger partial charge in [-0.25, -0.2) is 13.6 Å². The smallest absolute Gasteiger partial charge is 0.321 e. The summed E-state index contributed by atoms with van der Waals surface area (Å²) in [6, 6.07) is 1.73. The molecule has 1 aromatic carbocycles. The lowest BCUT2D eigenvalue weighted by molar-refractivity contribution is -0.118. The van der Waals surface area contributed by atoms with Crippen LogP contribution in [0.15, 0.2) is 12.1 Å². The van der Waals surface area contributed by atoms with E-state index in [-0.39, 0.29) is 18.3 Å². The van der Waals surface area contributed by atoms with Crippen LogP contribution >= 0.6 is 0 Å². The maximum atomic E-state index is 14.1. The molecule has 0 radical (unpaired) electrons. The number of nitrogens with zero attached hydrogens (tertiary/aromatic N) is 1. The Morgan fingerprint density at radius 2 is 1.92 bits per heavy atom. The highest BCUT2D eigenvalue weighted by atomic mass is 19.1. The van der Waals surface area contributed by atoms with E-state index in [1.54, 1.807) is 4.90 Å². The number of halogens is 2. The van der Waals surface area contributed by atoms with Crippen LogP contribution in [0.1, 0.15) is 37.7 Å². The fourth-order valence-corrected chi connectivity index (χ4v) is 3.53. The topological polar surface area (TPSA) is 61.4 Å². The molecule has 0 unspecified atom stereocenters. The normalized spacial score (nSPS) is 17.5. The summed E-state index contributed by atoms with van der Waals surface area (Å²) in [6.07, 6.45) is 5.30. The van der Waals surface area contributed by atoms with E-state index >= 15 is 0 Å². The highest BCUT2D eigenvalue weighted by Gasteiger charge is 2.25. The Balaban J connectivity index is 1.60. The summed E-state index contributed by atoms with van der Waals surface area (Å²) in [4.78, 5) is 25.5. The fourth-order valence-electron chi connectivity index (χ4n) is 3.53. The average molecular weight is 337 g/mol. The number of carbonyl (C=O) groups excluding carboxylic acids is 2. The summed E-state index contributed by atoms with van der Waals surface area (Å²) in [7, 11) is 0. The first-order valence-corrected chi connectivity index (χ1v) is 8.36. The maximum Gasteiger partial charge on any atom is 0.321 e. The highest BCUT2D eigenvalue weighted by molar-refractivity contribution is 5.96. The van der Waals surface area contributed by atoms with Crippen molar-refractivity contribution >= 4 is 17.6 Å². The second kappa shape index (κ2) is 7.15. The Hall–Kier alpha value is -2.18. The van der Waals surface area contributed by atoms with Gasteiger partial charge in [-0.3, -0.25) is 10.1 Å². The molecule has 0 atom stereocenters. The van der Waals surface area contributed by atoms with Crippen LogP contribution in [0.2, 0.25) is 0 Å². The van der Waals surface area contributed by atoms with Gasteiger partial charge in [-0.1, -0.05) is 12.8 Å². The number of hydrogen-bond acceptors (Lipinski definition) is 3. The zero-order chi connectivity index (χ0) is 17.1. The van der Waals surface area contributed by atoms with Crippen molar-refractivity contribution in [3.05, 3.63) is 29.3 Å². The number of aryl methyl sites for hydroxylation is 1. The third-order valence-electron chi connectivity index (χ3n) is 4.58. The van der Waals surface area contributed by atoms with Crippen LogP contribution in [0.3, 0.4) is 0 Å². The summed E-state index contributed by atoms with van der Waals surface area (Å²) < 4.78 is 27.4. The van der Waals surface area contributed by atoms with E-state index in [9.17, 15) is 18.4 Å². The minimum absolute atomic E-state index is 0.119. The standard InChI is InChI=1S/C17H21F2N3O2/c18-12-8-11-4-3-7-22(16(11)14(19)9-12)10-15(23)21-17(24)20-13-5-1-2-6-13/h8-9,13H,1-7,10H2,(H2,20,21,23,24). The van der Waals surface area contributed by atoms with E-state index in [1.807, 2.05) is 0 Å². The van der Waals surface area contributed by atoms with Crippen LogP contribution in [0.4, 0.5) is 19.3 Å². The van der Waals surface area contributed by atoms with Gasteiger partial charge in [0.2, 0.25) is 5.91 Å². The summed E-state index contributed by atoms with van der Waals surface area (Å²) in [5, 5.41) is 5.06. The quantitative estimate of drug-likeness (QED) is 0.891. The molecule has 24 heavy (non-hydrogen) atoms.